The van der Waals surface area contributed by atoms with Crippen molar-refractivity contribution in [3.63, 3.8) is 0 Å². The second-order valence-corrected chi connectivity index (χ2v) is 6.75. The Morgan fingerprint density at radius 1 is 1.26 bits per heavy atom. The van der Waals surface area contributed by atoms with E-state index in [4.69, 9.17) is 4.74 Å². The predicted octanol–water partition coefficient (Wildman–Crippen LogP) is 3.37. The molecule has 7 nitrogen and oxygen atoms in total. The average molecular weight is 344 g/mol. The van der Waals surface area contributed by atoms with Gasteiger partial charge >= 0.3 is 0 Å². The molecular formula is C14H12N6OS2. The normalized spacial score (nSPS) is 11.0. The molecule has 0 atom stereocenters. The summed E-state index contributed by atoms with van der Waals surface area (Å²) in [5, 5.41) is 19.2. The van der Waals surface area contributed by atoms with Crippen LogP contribution in [0.2, 0.25) is 0 Å². The van der Waals surface area contributed by atoms with E-state index in [2.05, 4.69) is 25.6 Å². The Hall–Kier alpha value is -2.52. The lowest BCUT2D eigenvalue weighted by molar-refractivity contribution is 0.415. The average Bonchev–Trinajstić information content (AvgIpc) is 3.23. The molecule has 116 valence electrons. The molecule has 0 aliphatic heterocycles. The van der Waals surface area contributed by atoms with Crippen LogP contribution in [-0.2, 0) is 0 Å². The molecule has 0 radical (unpaired) electrons. The molecule has 0 spiro atoms. The fraction of sp³-hybridized carbons (Fsp3) is 0.143. The van der Waals surface area contributed by atoms with Crippen molar-refractivity contribution >= 4 is 38.7 Å². The highest BCUT2D eigenvalue weighted by Gasteiger charge is 2.13. The van der Waals surface area contributed by atoms with E-state index in [9.17, 15) is 0 Å². The van der Waals surface area contributed by atoms with E-state index >= 15 is 0 Å². The Morgan fingerprint density at radius 2 is 2.17 bits per heavy atom. The molecule has 3 aromatic heterocycles. The summed E-state index contributed by atoms with van der Waals surface area (Å²) in [5.74, 6) is 1.32. The van der Waals surface area contributed by atoms with Gasteiger partial charge in [-0.25, -0.2) is 4.52 Å². The molecule has 3 heterocycles. The van der Waals surface area contributed by atoms with E-state index in [0.29, 0.717) is 11.1 Å². The topological polar surface area (TPSA) is 77.2 Å². The van der Waals surface area contributed by atoms with Gasteiger partial charge in [-0.1, -0.05) is 23.5 Å². The lowest BCUT2D eigenvalue weighted by Gasteiger charge is -2.02. The van der Waals surface area contributed by atoms with Gasteiger partial charge in [0.15, 0.2) is 0 Å². The van der Waals surface area contributed by atoms with Crippen LogP contribution in [0.1, 0.15) is 5.01 Å². The summed E-state index contributed by atoms with van der Waals surface area (Å²) in [6.07, 6.45) is 0. The zero-order chi connectivity index (χ0) is 15.8. The van der Waals surface area contributed by atoms with E-state index < -0.39 is 0 Å². The Balaban J connectivity index is 1.71. The maximum absolute atomic E-state index is 5.28. The monoisotopic (exact) mass is 344 g/mol. The molecule has 0 unspecified atom stereocenters. The van der Waals surface area contributed by atoms with Crippen LogP contribution in [-0.4, -0.2) is 31.9 Å². The summed E-state index contributed by atoms with van der Waals surface area (Å²) < 4.78 is 7.10. The minimum Gasteiger partial charge on any atom is -0.497 e. The minimum atomic E-state index is 0.511. The molecule has 0 bridgehead atoms. The maximum atomic E-state index is 5.28. The minimum absolute atomic E-state index is 0.511. The summed E-state index contributed by atoms with van der Waals surface area (Å²) in [4.78, 5) is 5.28. The summed E-state index contributed by atoms with van der Waals surface area (Å²) in [6, 6.07) is 7.87. The van der Waals surface area contributed by atoms with E-state index in [-0.39, 0.29) is 0 Å². The molecule has 9 heteroatoms. The number of fused-ring (bicyclic) bond motifs is 1. The van der Waals surface area contributed by atoms with Crippen molar-refractivity contribution in [2.45, 2.75) is 6.92 Å². The molecule has 4 aromatic rings. The van der Waals surface area contributed by atoms with Crippen LogP contribution in [0.15, 0.2) is 29.6 Å². The molecule has 0 aliphatic rings. The summed E-state index contributed by atoms with van der Waals surface area (Å²) in [7, 11) is 1.66. The van der Waals surface area contributed by atoms with Gasteiger partial charge in [0.05, 0.1) is 12.8 Å². The number of anilines is 2. The van der Waals surface area contributed by atoms with Crippen molar-refractivity contribution in [2.75, 3.05) is 12.4 Å². The smallest absolute Gasteiger partial charge is 0.250 e. The molecule has 0 saturated heterocycles. The molecule has 0 aliphatic carbocycles. The van der Waals surface area contributed by atoms with Crippen LogP contribution in [0.5, 0.6) is 5.75 Å². The summed E-state index contributed by atoms with van der Waals surface area (Å²) in [6.45, 7) is 1.91. The first-order valence-corrected chi connectivity index (χ1v) is 8.48. The fourth-order valence-corrected chi connectivity index (χ4v) is 3.57. The third-order valence-electron chi connectivity index (χ3n) is 3.19. The van der Waals surface area contributed by atoms with E-state index in [1.807, 2.05) is 41.1 Å². The SMILES string of the molecule is COc1cccc(-c2csc3nc(Nc4nnc(C)s4)nn23)c1. The number of rotatable bonds is 4. The zero-order valence-corrected chi connectivity index (χ0v) is 14.0. The van der Waals surface area contributed by atoms with Crippen molar-refractivity contribution < 1.29 is 4.74 Å². The number of thiazole rings is 1. The predicted molar refractivity (Wildman–Crippen MR) is 90.8 cm³/mol. The van der Waals surface area contributed by atoms with Crippen molar-refractivity contribution in [3.8, 4) is 17.0 Å². The lowest BCUT2D eigenvalue weighted by Crippen LogP contribution is -1.94. The van der Waals surface area contributed by atoms with Gasteiger partial charge in [0, 0.05) is 10.9 Å². The number of nitrogens with one attached hydrogen (secondary N) is 1. The molecule has 4 rings (SSSR count). The highest BCUT2D eigenvalue weighted by Crippen LogP contribution is 2.29. The van der Waals surface area contributed by atoms with Crippen LogP contribution in [0.4, 0.5) is 11.1 Å². The van der Waals surface area contributed by atoms with E-state index in [1.165, 1.54) is 22.7 Å². The summed E-state index contributed by atoms with van der Waals surface area (Å²) in [5.41, 5.74) is 2.00. The number of methoxy groups -OCH3 is 1. The number of ether oxygens (including phenoxy) is 1. The Labute approximate surface area is 139 Å². The molecule has 1 aromatic carbocycles. The molecule has 0 fully saturated rings. The zero-order valence-electron chi connectivity index (χ0n) is 12.3. The second-order valence-electron chi connectivity index (χ2n) is 4.73. The van der Waals surface area contributed by atoms with Gasteiger partial charge in [-0.2, -0.15) is 4.98 Å². The second kappa shape index (κ2) is 5.60. The van der Waals surface area contributed by atoms with Gasteiger partial charge in [-0.15, -0.1) is 26.6 Å². The highest BCUT2D eigenvalue weighted by molar-refractivity contribution is 7.15. The standard InChI is InChI=1S/C14H12N6OS2/c1-8-17-18-13(23-8)15-12-16-14-20(19-12)11(7-22-14)9-4-3-5-10(6-9)21-2/h3-7H,1-2H3,(H,15,18,19). The largest absolute Gasteiger partial charge is 0.497 e. The fourth-order valence-electron chi connectivity index (χ4n) is 2.16. The third kappa shape index (κ3) is 2.64. The number of benzene rings is 1. The molecule has 0 amide bonds. The lowest BCUT2D eigenvalue weighted by atomic mass is 10.2. The first kappa shape index (κ1) is 14.1. The highest BCUT2D eigenvalue weighted by atomic mass is 32.1. The Morgan fingerprint density at radius 3 is 2.96 bits per heavy atom. The Kier molecular flexibility index (Phi) is 3.43. The van der Waals surface area contributed by atoms with Crippen molar-refractivity contribution in [3.05, 3.63) is 34.7 Å². The van der Waals surface area contributed by atoms with Gasteiger partial charge in [0.2, 0.25) is 16.0 Å². The first-order valence-electron chi connectivity index (χ1n) is 6.79. The van der Waals surface area contributed by atoms with Crippen LogP contribution in [0, 0.1) is 6.92 Å². The van der Waals surface area contributed by atoms with Crippen LogP contribution >= 0.6 is 22.7 Å². The number of hydrogen-bond acceptors (Lipinski definition) is 8. The molecular weight excluding hydrogens is 332 g/mol. The van der Waals surface area contributed by atoms with Gasteiger partial charge in [-0.05, 0) is 19.1 Å². The number of aryl methyl sites for hydroxylation is 1. The Bertz CT molecular complexity index is 973. The quantitative estimate of drug-likeness (QED) is 0.611. The van der Waals surface area contributed by atoms with Crippen LogP contribution in [0.3, 0.4) is 0 Å². The van der Waals surface area contributed by atoms with Crippen molar-refractivity contribution in [1.82, 2.24) is 24.8 Å². The van der Waals surface area contributed by atoms with Gasteiger partial charge < -0.3 is 4.74 Å². The van der Waals surface area contributed by atoms with E-state index in [0.717, 1.165) is 27.0 Å². The van der Waals surface area contributed by atoms with Crippen LogP contribution < -0.4 is 10.1 Å². The summed E-state index contributed by atoms with van der Waals surface area (Å²) >= 11 is 3.00. The number of hydrogen-bond donors (Lipinski definition) is 1. The maximum Gasteiger partial charge on any atom is 0.250 e. The van der Waals surface area contributed by atoms with Crippen molar-refractivity contribution in [2.24, 2.45) is 0 Å². The third-order valence-corrected chi connectivity index (χ3v) is 4.76. The van der Waals surface area contributed by atoms with Gasteiger partial charge in [0.1, 0.15) is 10.8 Å². The first-order chi connectivity index (χ1) is 11.2. The van der Waals surface area contributed by atoms with Gasteiger partial charge in [-0.3, -0.25) is 5.32 Å². The number of aromatic nitrogens is 5. The molecule has 1 N–H and O–H groups in total. The molecule has 23 heavy (non-hydrogen) atoms. The van der Waals surface area contributed by atoms with E-state index in [1.54, 1.807) is 7.11 Å². The van der Waals surface area contributed by atoms with Gasteiger partial charge in [0.25, 0.3) is 0 Å². The number of nitrogens with zero attached hydrogens (tertiary/aromatic N) is 5. The van der Waals surface area contributed by atoms with Crippen molar-refractivity contribution in [1.29, 1.82) is 0 Å². The molecule has 0 saturated carbocycles. The van der Waals surface area contributed by atoms with Crippen LogP contribution in [0.25, 0.3) is 16.2 Å².